The number of fused-ring (bicyclic) bond motifs is 2. The lowest BCUT2D eigenvalue weighted by Crippen LogP contribution is -2.28. The molecule has 0 bridgehead atoms. The Morgan fingerprint density at radius 1 is 0.719 bits per heavy atom. The Balaban J connectivity index is 1.62. The van der Waals surface area contributed by atoms with Crippen LogP contribution in [0.2, 0.25) is 0 Å². The maximum Gasteiger partial charge on any atom is 0.164 e. The Bertz CT molecular complexity index is 1430. The van der Waals surface area contributed by atoms with Gasteiger partial charge in [0.15, 0.2) is 5.78 Å². The average molecular weight is 414 g/mol. The van der Waals surface area contributed by atoms with Crippen molar-refractivity contribution in [2.24, 2.45) is 0 Å². The number of Topliss-reactive ketones (excluding diaryl/α,β-unsaturated/α-hetero) is 1. The number of para-hydroxylation sites is 1. The molecule has 2 heteroatoms. The number of benzene rings is 4. The van der Waals surface area contributed by atoms with Crippen LogP contribution in [0.1, 0.15) is 33.5 Å². The zero-order valence-electron chi connectivity index (χ0n) is 17.7. The highest BCUT2D eigenvalue weighted by molar-refractivity contribution is 6.03. The van der Waals surface area contributed by atoms with Crippen LogP contribution in [0.4, 0.5) is 0 Å². The summed E-state index contributed by atoms with van der Waals surface area (Å²) in [7, 11) is 0. The van der Waals surface area contributed by atoms with Crippen molar-refractivity contribution in [2.75, 3.05) is 0 Å². The van der Waals surface area contributed by atoms with E-state index in [-0.39, 0.29) is 11.2 Å². The van der Waals surface area contributed by atoms with E-state index in [0.717, 1.165) is 28.8 Å². The molecule has 2 nitrogen and oxygen atoms in total. The van der Waals surface area contributed by atoms with Crippen molar-refractivity contribution >= 4 is 16.7 Å². The molecule has 154 valence electrons. The number of hydrogen-bond acceptors (Lipinski definition) is 1. The van der Waals surface area contributed by atoms with Gasteiger partial charge < -0.3 is 4.98 Å². The smallest absolute Gasteiger partial charge is 0.164 e. The molecule has 0 saturated heterocycles. The first-order valence-corrected chi connectivity index (χ1v) is 11.1. The van der Waals surface area contributed by atoms with Gasteiger partial charge in [-0.15, -0.1) is 0 Å². The number of ketones is 1. The van der Waals surface area contributed by atoms with Crippen molar-refractivity contribution in [1.29, 1.82) is 0 Å². The van der Waals surface area contributed by atoms with Gasteiger partial charge in [0, 0.05) is 34.0 Å². The van der Waals surface area contributed by atoms with Gasteiger partial charge in [-0.1, -0.05) is 103 Å². The lowest BCUT2D eigenvalue weighted by Gasteiger charge is -2.31. The van der Waals surface area contributed by atoms with Crippen LogP contribution in [0, 0.1) is 0 Å². The van der Waals surface area contributed by atoms with Gasteiger partial charge in [0.05, 0.1) is 0 Å². The first kappa shape index (κ1) is 18.8. The largest absolute Gasteiger partial charge is 0.354 e. The highest BCUT2D eigenvalue weighted by Crippen LogP contribution is 2.48. The Labute approximate surface area is 187 Å². The van der Waals surface area contributed by atoms with Crippen molar-refractivity contribution in [3.8, 4) is 11.3 Å². The number of aromatic nitrogens is 1. The molecule has 1 aliphatic rings. The van der Waals surface area contributed by atoms with E-state index in [1.165, 1.54) is 22.1 Å². The highest BCUT2D eigenvalue weighted by Gasteiger charge is 2.45. The minimum atomic E-state index is -0.385. The molecule has 0 radical (unpaired) electrons. The van der Waals surface area contributed by atoms with Crippen LogP contribution in [0.25, 0.3) is 22.2 Å². The summed E-state index contributed by atoms with van der Waals surface area (Å²) in [4.78, 5) is 16.9. The molecule has 0 amide bonds. The molecular formula is C30H23NO. The molecular weight excluding hydrogens is 390 g/mol. The summed E-state index contributed by atoms with van der Waals surface area (Å²) >= 11 is 0. The van der Waals surface area contributed by atoms with Crippen LogP contribution in [0.5, 0.6) is 0 Å². The Kier molecular flexibility index (Phi) is 4.32. The second-order valence-electron chi connectivity index (χ2n) is 8.66. The molecule has 5 aromatic rings. The monoisotopic (exact) mass is 413 g/mol. The molecule has 1 unspecified atom stereocenters. The maximum absolute atomic E-state index is 13.2. The van der Waals surface area contributed by atoms with Crippen LogP contribution >= 0.6 is 0 Å². The number of hydrogen-bond donors (Lipinski definition) is 1. The molecule has 32 heavy (non-hydrogen) atoms. The summed E-state index contributed by atoms with van der Waals surface area (Å²) in [5, 5.41) is 1.22. The fourth-order valence-corrected chi connectivity index (χ4v) is 5.42. The molecule has 0 saturated carbocycles. The highest BCUT2D eigenvalue weighted by atomic mass is 16.1. The third-order valence-electron chi connectivity index (χ3n) is 6.89. The number of H-pyrrole nitrogens is 1. The summed E-state index contributed by atoms with van der Waals surface area (Å²) < 4.78 is 0. The summed E-state index contributed by atoms with van der Waals surface area (Å²) in [6.07, 6.45) is 1.25. The number of carbonyl (C=O) groups excluding carboxylic acids is 1. The molecule has 0 aliphatic heterocycles. The van der Waals surface area contributed by atoms with Gasteiger partial charge in [0.1, 0.15) is 0 Å². The number of carbonyl (C=O) groups is 1. The number of nitrogens with one attached hydrogen (secondary N) is 1. The van der Waals surface area contributed by atoms with Gasteiger partial charge >= 0.3 is 0 Å². The summed E-state index contributed by atoms with van der Waals surface area (Å²) in [5.41, 5.74) is 7.50. The van der Waals surface area contributed by atoms with Crippen molar-refractivity contribution in [3.05, 3.63) is 131 Å². The number of aromatic amines is 1. The first-order chi connectivity index (χ1) is 15.8. The van der Waals surface area contributed by atoms with E-state index in [1.54, 1.807) is 0 Å². The van der Waals surface area contributed by atoms with Crippen molar-refractivity contribution in [2.45, 2.75) is 18.3 Å². The Hall–Kier alpha value is -3.91. The minimum absolute atomic E-state index is 0.227. The van der Waals surface area contributed by atoms with E-state index in [1.807, 2.05) is 24.3 Å². The van der Waals surface area contributed by atoms with E-state index in [2.05, 4.69) is 89.9 Å². The van der Waals surface area contributed by atoms with E-state index >= 15 is 0 Å². The van der Waals surface area contributed by atoms with Crippen molar-refractivity contribution < 1.29 is 4.79 Å². The van der Waals surface area contributed by atoms with Crippen LogP contribution in [0.3, 0.4) is 0 Å². The van der Waals surface area contributed by atoms with E-state index in [0.29, 0.717) is 6.42 Å². The van der Waals surface area contributed by atoms with Crippen molar-refractivity contribution in [1.82, 2.24) is 4.98 Å². The lowest BCUT2D eigenvalue weighted by molar-refractivity contribution is 0.0979. The van der Waals surface area contributed by atoms with Gasteiger partial charge in [-0.05, 0) is 34.7 Å². The van der Waals surface area contributed by atoms with Crippen LogP contribution in [-0.2, 0) is 11.8 Å². The third kappa shape index (κ3) is 2.84. The van der Waals surface area contributed by atoms with E-state index in [9.17, 15) is 4.79 Å². The predicted octanol–water partition coefficient (Wildman–Crippen LogP) is 6.95. The topological polar surface area (TPSA) is 32.9 Å². The lowest BCUT2D eigenvalue weighted by atomic mass is 9.70. The molecule has 1 heterocycles. The Morgan fingerprint density at radius 2 is 1.38 bits per heavy atom. The molecule has 1 atom stereocenters. The van der Waals surface area contributed by atoms with Gasteiger partial charge in [-0.3, -0.25) is 4.79 Å². The molecule has 0 spiro atoms. The quantitative estimate of drug-likeness (QED) is 0.340. The molecule has 1 N–H and O–H groups in total. The molecule has 4 aromatic carbocycles. The zero-order chi connectivity index (χ0) is 21.5. The fraction of sp³-hybridized carbons (Fsp3) is 0.100. The van der Waals surface area contributed by atoms with Gasteiger partial charge in [0.25, 0.3) is 0 Å². The molecule has 6 rings (SSSR count). The second-order valence-corrected chi connectivity index (χ2v) is 8.66. The van der Waals surface area contributed by atoms with Crippen LogP contribution in [0.15, 0.2) is 109 Å². The summed E-state index contributed by atoms with van der Waals surface area (Å²) in [6, 6.07) is 37.7. The van der Waals surface area contributed by atoms with Gasteiger partial charge in [-0.2, -0.15) is 0 Å². The zero-order valence-corrected chi connectivity index (χ0v) is 17.7. The molecule has 0 fully saturated rings. The van der Waals surface area contributed by atoms with Crippen LogP contribution in [-0.4, -0.2) is 10.8 Å². The van der Waals surface area contributed by atoms with E-state index in [4.69, 9.17) is 0 Å². The van der Waals surface area contributed by atoms with Gasteiger partial charge in [-0.25, -0.2) is 0 Å². The van der Waals surface area contributed by atoms with Crippen molar-refractivity contribution in [3.63, 3.8) is 0 Å². The second kappa shape index (κ2) is 7.35. The maximum atomic E-state index is 13.2. The third-order valence-corrected chi connectivity index (χ3v) is 6.89. The van der Waals surface area contributed by atoms with E-state index < -0.39 is 0 Å². The predicted molar refractivity (Wildman–Crippen MR) is 130 cm³/mol. The van der Waals surface area contributed by atoms with Gasteiger partial charge in [0.2, 0.25) is 0 Å². The first-order valence-electron chi connectivity index (χ1n) is 11.1. The molecule has 1 aliphatic carbocycles. The number of rotatable bonds is 4. The Morgan fingerprint density at radius 3 is 2.19 bits per heavy atom. The normalized spacial score (nSPS) is 17.6. The summed E-state index contributed by atoms with van der Waals surface area (Å²) in [5.74, 6) is 0.227. The fourth-order valence-electron chi connectivity index (χ4n) is 5.42. The summed E-state index contributed by atoms with van der Waals surface area (Å²) in [6.45, 7) is 0. The SMILES string of the molecule is O=C1CC(Cc2c(-c3ccccc3)[nH]c3ccccc23)(c2ccccc2)c2ccccc21. The average Bonchev–Trinajstić information content (AvgIpc) is 3.37. The molecule has 1 aromatic heterocycles. The van der Waals surface area contributed by atoms with Crippen LogP contribution < -0.4 is 0 Å². The minimum Gasteiger partial charge on any atom is -0.354 e. The standard InChI is InChI=1S/C30H23NO/c32-28-20-30(22-13-5-2-6-14-22,26-17-9-7-16-24(26)28)19-25-23-15-8-10-18-27(23)31-29(25)21-11-3-1-4-12-21/h1-18,31H,19-20H2.